The number of fused-ring (bicyclic) bond motifs is 1. The molecule has 196 valence electrons. The summed E-state index contributed by atoms with van der Waals surface area (Å²) in [6.07, 6.45) is 3.97. The lowest BCUT2D eigenvalue weighted by Crippen LogP contribution is -2.33. The van der Waals surface area contributed by atoms with Crippen molar-refractivity contribution in [2.45, 2.75) is 13.3 Å². The molecule has 0 unspecified atom stereocenters. The van der Waals surface area contributed by atoms with Crippen LogP contribution in [0.4, 0.5) is 11.6 Å². The average Bonchev–Trinajstić information content (AvgIpc) is 3.58. The summed E-state index contributed by atoms with van der Waals surface area (Å²) in [6.45, 7) is 4.85. The standard InChI is InChI=1S/C29H26N6O4/c1-19(36)34-13-3-14-35(16-15-34)22-8-5-20(6-9-22)27-23-18-21(7-10-25(23)33-39-27)24-11-12-30-29(31-24)32-28(37)26-4-2-17-38-26/h2,4-12,17-18H,3,13-16H2,1H3,(H,30,31,32,37). The third-order valence-corrected chi connectivity index (χ3v) is 6.83. The van der Waals surface area contributed by atoms with Crippen molar-refractivity contribution in [3.8, 4) is 22.6 Å². The van der Waals surface area contributed by atoms with Crippen LogP contribution >= 0.6 is 0 Å². The molecule has 1 saturated heterocycles. The van der Waals surface area contributed by atoms with Gasteiger partial charge in [0.05, 0.1) is 17.3 Å². The van der Waals surface area contributed by atoms with Crippen LogP contribution in [0.5, 0.6) is 0 Å². The second-order valence-corrected chi connectivity index (χ2v) is 9.33. The van der Waals surface area contributed by atoms with E-state index >= 15 is 0 Å². The van der Waals surface area contributed by atoms with Gasteiger partial charge in [0.25, 0.3) is 5.91 Å². The van der Waals surface area contributed by atoms with Crippen molar-refractivity contribution in [3.63, 3.8) is 0 Å². The van der Waals surface area contributed by atoms with Crippen LogP contribution in [-0.2, 0) is 4.79 Å². The minimum atomic E-state index is -0.422. The predicted octanol–water partition coefficient (Wildman–Crippen LogP) is 4.86. The summed E-state index contributed by atoms with van der Waals surface area (Å²) in [5.74, 6) is 0.723. The second-order valence-electron chi connectivity index (χ2n) is 9.33. The highest BCUT2D eigenvalue weighted by molar-refractivity contribution is 6.01. The number of aromatic nitrogens is 3. The molecule has 0 atom stereocenters. The number of furan rings is 1. The molecule has 6 rings (SSSR count). The summed E-state index contributed by atoms with van der Waals surface area (Å²) in [5.41, 5.74) is 4.23. The van der Waals surface area contributed by atoms with Gasteiger partial charge in [0.1, 0.15) is 5.52 Å². The molecule has 3 aromatic heterocycles. The van der Waals surface area contributed by atoms with Gasteiger partial charge >= 0.3 is 0 Å². The van der Waals surface area contributed by atoms with E-state index in [0.29, 0.717) is 11.5 Å². The number of nitrogens with zero attached hydrogens (tertiary/aromatic N) is 5. The van der Waals surface area contributed by atoms with Gasteiger partial charge in [-0.25, -0.2) is 9.97 Å². The highest BCUT2D eigenvalue weighted by atomic mass is 16.5. The molecule has 1 aliphatic heterocycles. The number of nitrogens with one attached hydrogen (secondary N) is 1. The van der Waals surface area contributed by atoms with Crippen molar-refractivity contribution >= 4 is 34.4 Å². The zero-order valence-electron chi connectivity index (χ0n) is 21.3. The van der Waals surface area contributed by atoms with Crippen LogP contribution in [0.25, 0.3) is 33.5 Å². The summed E-state index contributed by atoms with van der Waals surface area (Å²) >= 11 is 0. The molecular formula is C29H26N6O4. The number of hydrogen-bond donors (Lipinski definition) is 1. The molecule has 5 aromatic rings. The molecule has 0 aliphatic carbocycles. The van der Waals surface area contributed by atoms with E-state index in [0.717, 1.165) is 60.3 Å². The average molecular weight is 523 g/mol. The fraction of sp³-hybridized carbons (Fsp3) is 0.207. The zero-order valence-corrected chi connectivity index (χ0v) is 21.3. The molecule has 1 N–H and O–H groups in total. The van der Waals surface area contributed by atoms with Crippen LogP contribution in [0.1, 0.15) is 23.9 Å². The van der Waals surface area contributed by atoms with E-state index in [1.54, 1.807) is 31.3 Å². The van der Waals surface area contributed by atoms with E-state index in [-0.39, 0.29) is 17.6 Å². The third-order valence-electron chi connectivity index (χ3n) is 6.83. The highest BCUT2D eigenvalue weighted by Crippen LogP contribution is 2.33. The zero-order chi connectivity index (χ0) is 26.8. The summed E-state index contributed by atoms with van der Waals surface area (Å²) in [5, 5.41) is 7.75. The monoisotopic (exact) mass is 522 g/mol. The molecule has 1 aliphatic rings. The SMILES string of the molecule is CC(=O)N1CCCN(c2ccc(-c3onc4ccc(-c5ccnc(NC(=O)c6ccco6)n5)cc34)cc2)CC1. The Hall–Kier alpha value is -4.99. The Morgan fingerprint density at radius 1 is 0.949 bits per heavy atom. The number of hydrogen-bond acceptors (Lipinski definition) is 8. The molecule has 10 nitrogen and oxygen atoms in total. The summed E-state index contributed by atoms with van der Waals surface area (Å²) in [4.78, 5) is 37.0. The molecule has 2 amide bonds. The molecule has 0 radical (unpaired) electrons. The van der Waals surface area contributed by atoms with Crippen LogP contribution in [0.3, 0.4) is 0 Å². The Balaban J connectivity index is 1.23. The number of carbonyl (C=O) groups is 2. The largest absolute Gasteiger partial charge is 0.459 e. The quantitative estimate of drug-likeness (QED) is 0.348. The minimum absolute atomic E-state index is 0.126. The fourth-order valence-electron chi connectivity index (χ4n) is 4.77. The first kappa shape index (κ1) is 24.4. The van der Waals surface area contributed by atoms with Gasteiger partial charge in [-0.2, -0.15) is 0 Å². The van der Waals surface area contributed by atoms with Crippen LogP contribution in [0, 0.1) is 0 Å². The second kappa shape index (κ2) is 10.4. The smallest absolute Gasteiger partial charge is 0.293 e. The van der Waals surface area contributed by atoms with Gasteiger partial charge in [-0.15, -0.1) is 0 Å². The van der Waals surface area contributed by atoms with E-state index in [9.17, 15) is 9.59 Å². The van der Waals surface area contributed by atoms with Gasteiger partial charge in [0, 0.05) is 56.1 Å². The van der Waals surface area contributed by atoms with Crippen molar-refractivity contribution in [1.82, 2.24) is 20.0 Å². The van der Waals surface area contributed by atoms with E-state index < -0.39 is 5.91 Å². The molecule has 4 heterocycles. The Kier molecular flexibility index (Phi) is 6.50. The molecule has 2 aromatic carbocycles. The number of amides is 2. The number of rotatable bonds is 5. The maximum absolute atomic E-state index is 12.3. The molecule has 0 spiro atoms. The summed E-state index contributed by atoms with van der Waals surface area (Å²) in [7, 11) is 0. The molecule has 0 bridgehead atoms. The van der Waals surface area contributed by atoms with Gasteiger partial charge in [-0.05, 0) is 61.0 Å². The van der Waals surface area contributed by atoms with Gasteiger partial charge in [0.2, 0.25) is 11.9 Å². The van der Waals surface area contributed by atoms with Crippen LogP contribution in [0.15, 0.2) is 82.1 Å². The molecule has 0 saturated carbocycles. The predicted molar refractivity (Wildman–Crippen MR) is 146 cm³/mol. The Morgan fingerprint density at radius 2 is 1.79 bits per heavy atom. The van der Waals surface area contributed by atoms with Crippen LogP contribution < -0.4 is 10.2 Å². The van der Waals surface area contributed by atoms with Crippen LogP contribution in [0.2, 0.25) is 0 Å². The number of carbonyl (C=O) groups excluding carboxylic acids is 2. The fourth-order valence-corrected chi connectivity index (χ4v) is 4.77. The maximum atomic E-state index is 12.3. The highest BCUT2D eigenvalue weighted by Gasteiger charge is 2.18. The first-order valence-corrected chi connectivity index (χ1v) is 12.7. The Labute approximate surface area is 224 Å². The van der Waals surface area contributed by atoms with Crippen LogP contribution in [-0.4, -0.2) is 58.0 Å². The first-order valence-electron chi connectivity index (χ1n) is 12.7. The maximum Gasteiger partial charge on any atom is 0.293 e. The van der Waals surface area contributed by atoms with Crippen molar-refractivity contribution in [3.05, 3.63) is 78.9 Å². The number of benzene rings is 2. The Morgan fingerprint density at radius 3 is 2.59 bits per heavy atom. The van der Waals surface area contributed by atoms with Crippen molar-refractivity contribution in [1.29, 1.82) is 0 Å². The summed E-state index contributed by atoms with van der Waals surface area (Å²) < 4.78 is 10.9. The third kappa shape index (κ3) is 5.08. The lowest BCUT2D eigenvalue weighted by molar-refractivity contribution is -0.128. The number of anilines is 2. The van der Waals surface area contributed by atoms with E-state index in [1.165, 1.54) is 6.26 Å². The van der Waals surface area contributed by atoms with Gasteiger partial charge in [-0.1, -0.05) is 11.2 Å². The molecule has 1 fully saturated rings. The van der Waals surface area contributed by atoms with E-state index in [4.69, 9.17) is 8.94 Å². The topological polar surface area (TPSA) is 118 Å². The van der Waals surface area contributed by atoms with Crippen molar-refractivity contribution in [2.75, 3.05) is 36.4 Å². The van der Waals surface area contributed by atoms with Gasteiger partial charge < -0.3 is 18.7 Å². The van der Waals surface area contributed by atoms with E-state index in [2.05, 4.69) is 37.5 Å². The van der Waals surface area contributed by atoms with Crippen molar-refractivity contribution in [2.24, 2.45) is 0 Å². The first-order chi connectivity index (χ1) is 19.0. The lowest BCUT2D eigenvalue weighted by atomic mass is 10.0. The van der Waals surface area contributed by atoms with E-state index in [1.807, 2.05) is 35.2 Å². The van der Waals surface area contributed by atoms with Crippen molar-refractivity contribution < 1.29 is 18.5 Å². The molecule has 10 heteroatoms. The molecule has 39 heavy (non-hydrogen) atoms. The van der Waals surface area contributed by atoms with Gasteiger partial charge in [-0.3, -0.25) is 14.9 Å². The minimum Gasteiger partial charge on any atom is -0.459 e. The van der Waals surface area contributed by atoms with Gasteiger partial charge in [0.15, 0.2) is 11.5 Å². The summed E-state index contributed by atoms with van der Waals surface area (Å²) in [6, 6.07) is 19.0. The Bertz CT molecular complexity index is 1630. The normalized spacial score (nSPS) is 13.9. The lowest BCUT2D eigenvalue weighted by Gasteiger charge is -2.23. The molecular weight excluding hydrogens is 496 g/mol.